The Kier molecular flexibility index (Phi) is 9.89. The van der Waals surface area contributed by atoms with Gasteiger partial charge in [0.05, 0.1) is 0 Å². The van der Waals surface area contributed by atoms with E-state index in [1.165, 1.54) is 11.6 Å². The van der Waals surface area contributed by atoms with Gasteiger partial charge in [-0.1, -0.05) is 26.0 Å². The second-order valence-electron chi connectivity index (χ2n) is 8.65. The van der Waals surface area contributed by atoms with Crippen LogP contribution in [0.5, 0.6) is 0 Å². The molecule has 0 amide bonds. The van der Waals surface area contributed by atoms with Crippen LogP contribution in [-0.4, -0.2) is 56.6 Å². The summed E-state index contributed by atoms with van der Waals surface area (Å²) in [6.45, 7) is 27.3. The smallest absolute Gasteiger partial charge is 0.312 e. The van der Waals surface area contributed by atoms with Gasteiger partial charge in [0.15, 0.2) is 8.32 Å². The van der Waals surface area contributed by atoms with Crippen LogP contribution in [0.2, 0.25) is 45.3 Å². The molecule has 0 heterocycles. The molecular formula is C17H42N2O2Si3. The lowest BCUT2D eigenvalue weighted by atomic mass is 10.2. The molecule has 0 bridgehead atoms. The first-order valence-corrected chi connectivity index (χ1v) is 18.0. The molecule has 0 spiro atoms. The van der Waals surface area contributed by atoms with Crippen molar-refractivity contribution in [2.75, 3.05) is 26.7 Å². The van der Waals surface area contributed by atoms with Gasteiger partial charge in [-0.15, -0.1) is 0 Å². The van der Waals surface area contributed by atoms with Crippen molar-refractivity contribution in [1.82, 2.24) is 9.88 Å². The average Bonchev–Trinajstić information content (AvgIpc) is 2.31. The van der Waals surface area contributed by atoms with E-state index in [4.69, 9.17) is 8.23 Å². The minimum Gasteiger partial charge on any atom is -0.436 e. The molecule has 0 aromatic heterocycles. The summed E-state index contributed by atoms with van der Waals surface area (Å²) >= 11 is 0. The van der Waals surface area contributed by atoms with Crippen molar-refractivity contribution < 1.29 is 8.23 Å². The summed E-state index contributed by atoms with van der Waals surface area (Å²) in [5.74, 6) is 0.641. The molecule has 0 rings (SSSR count). The zero-order valence-corrected chi connectivity index (χ0v) is 20.9. The van der Waals surface area contributed by atoms with Gasteiger partial charge in [0.1, 0.15) is 0 Å². The number of rotatable bonds is 12. The van der Waals surface area contributed by atoms with Gasteiger partial charge in [-0.05, 0) is 78.3 Å². The van der Waals surface area contributed by atoms with E-state index in [0.717, 1.165) is 19.6 Å². The van der Waals surface area contributed by atoms with E-state index in [9.17, 15) is 0 Å². The Morgan fingerprint density at radius 3 is 2.08 bits per heavy atom. The van der Waals surface area contributed by atoms with Crippen molar-refractivity contribution in [2.24, 2.45) is 5.92 Å². The fraction of sp³-hybridized carbons (Fsp3) is 0.882. The fourth-order valence-electron chi connectivity index (χ4n) is 3.66. The van der Waals surface area contributed by atoms with Crippen molar-refractivity contribution in [3.8, 4) is 0 Å². The van der Waals surface area contributed by atoms with Crippen LogP contribution >= 0.6 is 0 Å². The maximum absolute atomic E-state index is 6.72. The first-order chi connectivity index (χ1) is 10.7. The Hall–Kier alpha value is 0.231. The predicted octanol–water partition coefficient (Wildman–Crippen LogP) is 4.38. The number of hydrogen-bond acceptors (Lipinski definition) is 4. The Morgan fingerprint density at radius 2 is 1.67 bits per heavy atom. The zero-order valence-electron chi connectivity index (χ0n) is 17.9. The number of nitrogens with one attached hydrogen (secondary N) is 1. The van der Waals surface area contributed by atoms with Crippen LogP contribution in [0.3, 0.4) is 0 Å². The highest BCUT2D eigenvalue weighted by molar-refractivity contribution is 6.87. The van der Waals surface area contributed by atoms with Crippen LogP contribution in [0.25, 0.3) is 0 Å². The molecule has 1 atom stereocenters. The lowest BCUT2D eigenvalue weighted by Gasteiger charge is -2.43. The molecule has 0 radical (unpaired) electrons. The molecule has 4 nitrogen and oxygen atoms in total. The standard InChI is InChI=1S/C17H42N2O2Si3/c1-12-19(14-16(2)3)23(8,9)21-24(10,11)20-22(6,7)15-17(4)13-18-5/h17-18H,2,12-15H2,1,3-11H3. The minimum atomic E-state index is -2.16. The van der Waals surface area contributed by atoms with Crippen LogP contribution < -0.4 is 5.32 Å². The van der Waals surface area contributed by atoms with Crippen molar-refractivity contribution in [2.45, 2.75) is 66.1 Å². The minimum absolute atomic E-state index is 0.641. The second-order valence-corrected chi connectivity index (χ2v) is 20.5. The van der Waals surface area contributed by atoms with Gasteiger partial charge in [0.2, 0.25) is 0 Å². The summed E-state index contributed by atoms with van der Waals surface area (Å²) in [6.07, 6.45) is 0. The summed E-state index contributed by atoms with van der Waals surface area (Å²) in [7, 11) is -3.85. The predicted molar refractivity (Wildman–Crippen MR) is 115 cm³/mol. The van der Waals surface area contributed by atoms with Crippen LogP contribution in [0, 0.1) is 5.92 Å². The van der Waals surface area contributed by atoms with Gasteiger partial charge < -0.3 is 13.5 Å². The van der Waals surface area contributed by atoms with E-state index in [1.54, 1.807) is 0 Å². The van der Waals surface area contributed by atoms with E-state index in [0.29, 0.717) is 5.92 Å². The van der Waals surface area contributed by atoms with E-state index < -0.39 is 25.4 Å². The molecule has 1 unspecified atom stereocenters. The molecule has 0 aliphatic carbocycles. The van der Waals surface area contributed by atoms with E-state index >= 15 is 0 Å². The van der Waals surface area contributed by atoms with Crippen LogP contribution in [-0.2, 0) is 8.23 Å². The van der Waals surface area contributed by atoms with E-state index in [2.05, 4.69) is 76.5 Å². The molecule has 0 aliphatic heterocycles. The lowest BCUT2D eigenvalue weighted by molar-refractivity contribution is 0.326. The van der Waals surface area contributed by atoms with Gasteiger partial charge in [0.25, 0.3) is 8.48 Å². The van der Waals surface area contributed by atoms with Crippen molar-refractivity contribution in [1.29, 1.82) is 0 Å². The molecule has 144 valence electrons. The Labute approximate surface area is 154 Å². The zero-order chi connectivity index (χ0) is 19.2. The Bertz CT molecular complexity index is 401. The number of likely N-dealkylation sites (N-methyl/N-ethyl adjacent to an activating group) is 1. The average molecular weight is 391 g/mol. The molecular weight excluding hydrogens is 348 g/mol. The number of hydrogen-bond donors (Lipinski definition) is 1. The third-order valence-corrected chi connectivity index (χ3v) is 15.8. The SMILES string of the molecule is C=C(C)CN(CC)[Si](C)(C)O[Si](C)(C)O[Si](C)(C)CC(C)CNC. The quantitative estimate of drug-likeness (QED) is 0.396. The number of nitrogens with zero attached hydrogens (tertiary/aromatic N) is 1. The molecule has 1 N–H and O–H groups in total. The summed E-state index contributed by atoms with van der Waals surface area (Å²) in [4.78, 5) is 0. The van der Waals surface area contributed by atoms with Gasteiger partial charge in [-0.3, -0.25) is 4.57 Å². The fourth-order valence-corrected chi connectivity index (χ4v) is 18.4. The van der Waals surface area contributed by atoms with Gasteiger partial charge in [-0.2, -0.15) is 0 Å². The van der Waals surface area contributed by atoms with Crippen molar-refractivity contribution >= 4 is 25.4 Å². The molecule has 7 heteroatoms. The summed E-state index contributed by atoms with van der Waals surface area (Å²) in [5.41, 5.74) is 1.19. The van der Waals surface area contributed by atoms with Gasteiger partial charge in [0, 0.05) is 6.54 Å². The highest BCUT2D eigenvalue weighted by atomic mass is 28.5. The summed E-state index contributed by atoms with van der Waals surface area (Å²) < 4.78 is 15.9. The third kappa shape index (κ3) is 9.65. The monoisotopic (exact) mass is 390 g/mol. The molecule has 0 saturated carbocycles. The molecule has 0 fully saturated rings. The first kappa shape index (κ1) is 24.2. The molecule has 0 saturated heterocycles. The highest BCUT2D eigenvalue weighted by Crippen LogP contribution is 2.26. The van der Waals surface area contributed by atoms with Crippen LogP contribution in [0.4, 0.5) is 0 Å². The highest BCUT2D eigenvalue weighted by Gasteiger charge is 2.42. The first-order valence-electron chi connectivity index (χ1n) is 9.19. The molecule has 0 aromatic rings. The molecule has 24 heavy (non-hydrogen) atoms. The summed E-state index contributed by atoms with van der Waals surface area (Å²) in [6, 6.07) is 1.17. The topological polar surface area (TPSA) is 33.7 Å². The van der Waals surface area contributed by atoms with Crippen molar-refractivity contribution in [3.05, 3.63) is 12.2 Å². The molecule has 0 aliphatic rings. The second kappa shape index (κ2) is 9.80. The largest absolute Gasteiger partial charge is 0.436 e. The Balaban J connectivity index is 4.94. The Morgan fingerprint density at radius 1 is 1.12 bits per heavy atom. The maximum Gasteiger partial charge on any atom is 0.312 e. The van der Waals surface area contributed by atoms with Gasteiger partial charge in [-0.25, -0.2) is 0 Å². The van der Waals surface area contributed by atoms with Crippen molar-refractivity contribution in [3.63, 3.8) is 0 Å². The normalized spacial score (nSPS) is 15.0. The van der Waals surface area contributed by atoms with E-state index in [-0.39, 0.29) is 0 Å². The maximum atomic E-state index is 6.72. The molecule has 0 aromatic carbocycles. The lowest BCUT2D eigenvalue weighted by Crippen LogP contribution is -2.60. The van der Waals surface area contributed by atoms with Crippen LogP contribution in [0.15, 0.2) is 12.2 Å². The van der Waals surface area contributed by atoms with Gasteiger partial charge >= 0.3 is 8.56 Å². The van der Waals surface area contributed by atoms with Crippen LogP contribution in [0.1, 0.15) is 20.8 Å². The summed E-state index contributed by atoms with van der Waals surface area (Å²) in [5, 5.41) is 3.27. The third-order valence-electron chi connectivity index (χ3n) is 4.01. The van der Waals surface area contributed by atoms with E-state index in [1.807, 2.05) is 7.05 Å².